The standard InChI is InChI=1S/C45H34N2O/c1-29(2)45-43(20-11-21-44(45)48)47-40-19-9-7-17-36(40)38-28-33(23-25-42(38)47)32-22-24-41-37(27-32)35-16-6-8-18-39(35)46(41)34-15-10-14-31(26-34)30-12-4-3-5-13-30/h3-29,48H,1-2H3. The van der Waals surface area contributed by atoms with Gasteiger partial charge in [-0.3, -0.25) is 0 Å². The van der Waals surface area contributed by atoms with Crippen LogP contribution in [0.4, 0.5) is 0 Å². The number of para-hydroxylation sites is 2. The molecule has 0 amide bonds. The van der Waals surface area contributed by atoms with E-state index in [1.165, 1.54) is 54.8 Å². The van der Waals surface area contributed by atoms with Gasteiger partial charge in [0.15, 0.2) is 0 Å². The number of phenolic OH excluding ortho intramolecular Hbond substituents is 1. The van der Waals surface area contributed by atoms with Gasteiger partial charge in [0.1, 0.15) is 5.75 Å². The molecule has 7 aromatic carbocycles. The molecule has 48 heavy (non-hydrogen) atoms. The Hall–Kier alpha value is -6.06. The molecule has 3 heteroatoms. The summed E-state index contributed by atoms with van der Waals surface area (Å²) >= 11 is 0. The van der Waals surface area contributed by atoms with E-state index in [9.17, 15) is 5.11 Å². The van der Waals surface area contributed by atoms with Gasteiger partial charge < -0.3 is 14.2 Å². The first-order chi connectivity index (χ1) is 23.6. The van der Waals surface area contributed by atoms with Gasteiger partial charge in [-0.15, -0.1) is 0 Å². The van der Waals surface area contributed by atoms with Crippen LogP contribution in [0.15, 0.2) is 158 Å². The Morgan fingerprint density at radius 1 is 0.417 bits per heavy atom. The Bertz CT molecular complexity index is 2660. The number of fused-ring (bicyclic) bond motifs is 6. The first-order valence-corrected chi connectivity index (χ1v) is 16.6. The zero-order chi connectivity index (χ0) is 32.4. The van der Waals surface area contributed by atoms with E-state index in [0.717, 1.165) is 28.0 Å². The molecule has 0 atom stereocenters. The van der Waals surface area contributed by atoms with Crippen molar-refractivity contribution in [1.29, 1.82) is 0 Å². The number of hydrogen-bond donors (Lipinski definition) is 1. The third-order valence-corrected chi connectivity index (χ3v) is 9.77. The van der Waals surface area contributed by atoms with Crippen molar-refractivity contribution in [2.75, 3.05) is 0 Å². The quantitative estimate of drug-likeness (QED) is 0.204. The average molecular weight is 619 g/mol. The highest BCUT2D eigenvalue weighted by molar-refractivity contribution is 6.12. The van der Waals surface area contributed by atoms with Crippen molar-refractivity contribution >= 4 is 43.6 Å². The lowest BCUT2D eigenvalue weighted by atomic mass is 9.99. The molecule has 0 radical (unpaired) electrons. The maximum absolute atomic E-state index is 10.9. The smallest absolute Gasteiger partial charge is 0.121 e. The molecule has 0 aliphatic rings. The summed E-state index contributed by atoms with van der Waals surface area (Å²) in [6.45, 7) is 4.27. The maximum Gasteiger partial charge on any atom is 0.121 e. The van der Waals surface area contributed by atoms with Crippen LogP contribution >= 0.6 is 0 Å². The van der Waals surface area contributed by atoms with Crippen LogP contribution in [-0.2, 0) is 0 Å². The Labute approximate surface area is 279 Å². The van der Waals surface area contributed by atoms with Gasteiger partial charge in [0.05, 0.1) is 27.8 Å². The van der Waals surface area contributed by atoms with Crippen molar-refractivity contribution in [2.24, 2.45) is 0 Å². The van der Waals surface area contributed by atoms with Crippen molar-refractivity contribution in [3.63, 3.8) is 0 Å². The average Bonchev–Trinajstić information content (AvgIpc) is 3.64. The summed E-state index contributed by atoms with van der Waals surface area (Å²) in [5.74, 6) is 0.510. The zero-order valence-electron chi connectivity index (χ0n) is 26.9. The van der Waals surface area contributed by atoms with Gasteiger partial charge in [-0.05, 0) is 88.8 Å². The number of rotatable bonds is 5. The van der Waals surface area contributed by atoms with Gasteiger partial charge in [0, 0.05) is 32.8 Å². The molecular formula is C45H34N2O. The first-order valence-electron chi connectivity index (χ1n) is 16.6. The number of hydrogen-bond acceptors (Lipinski definition) is 1. The summed E-state index contributed by atoms with van der Waals surface area (Å²) < 4.78 is 4.70. The molecule has 0 spiro atoms. The molecule has 2 aromatic heterocycles. The molecule has 2 heterocycles. The molecule has 0 aliphatic heterocycles. The van der Waals surface area contributed by atoms with Crippen molar-refractivity contribution in [1.82, 2.24) is 9.13 Å². The number of phenols is 1. The second kappa shape index (κ2) is 11.0. The number of nitrogens with zero attached hydrogens (tertiary/aromatic N) is 2. The molecule has 9 rings (SSSR count). The lowest BCUT2D eigenvalue weighted by Crippen LogP contribution is -2.01. The van der Waals surface area contributed by atoms with Crippen molar-refractivity contribution in [3.8, 4) is 39.4 Å². The highest BCUT2D eigenvalue weighted by atomic mass is 16.3. The minimum absolute atomic E-state index is 0.173. The largest absolute Gasteiger partial charge is 0.508 e. The van der Waals surface area contributed by atoms with Crippen molar-refractivity contribution in [2.45, 2.75) is 19.8 Å². The van der Waals surface area contributed by atoms with Crippen molar-refractivity contribution < 1.29 is 5.11 Å². The third-order valence-electron chi connectivity index (χ3n) is 9.77. The normalized spacial score (nSPS) is 11.8. The summed E-state index contributed by atoms with van der Waals surface area (Å²) in [4.78, 5) is 0. The lowest BCUT2D eigenvalue weighted by molar-refractivity contribution is 0.464. The Morgan fingerprint density at radius 2 is 0.938 bits per heavy atom. The molecule has 1 N–H and O–H groups in total. The molecule has 3 nitrogen and oxygen atoms in total. The van der Waals surface area contributed by atoms with Crippen LogP contribution in [0.3, 0.4) is 0 Å². The highest BCUT2D eigenvalue weighted by Crippen LogP contribution is 2.41. The van der Waals surface area contributed by atoms with Crippen LogP contribution < -0.4 is 0 Å². The van der Waals surface area contributed by atoms with E-state index in [4.69, 9.17) is 0 Å². The molecule has 0 saturated carbocycles. The summed E-state index contributed by atoms with van der Waals surface area (Å²) in [5, 5.41) is 15.7. The van der Waals surface area contributed by atoms with Crippen LogP contribution in [0.1, 0.15) is 25.3 Å². The topological polar surface area (TPSA) is 30.1 Å². The summed E-state index contributed by atoms with van der Waals surface area (Å²) in [6, 6.07) is 56.2. The second-order valence-corrected chi connectivity index (χ2v) is 12.9. The fourth-order valence-corrected chi connectivity index (χ4v) is 7.63. The van der Waals surface area contributed by atoms with E-state index in [1.807, 2.05) is 6.07 Å². The predicted molar refractivity (Wildman–Crippen MR) is 202 cm³/mol. The van der Waals surface area contributed by atoms with Crippen LogP contribution in [0.25, 0.3) is 77.2 Å². The van der Waals surface area contributed by atoms with Gasteiger partial charge in [-0.2, -0.15) is 0 Å². The van der Waals surface area contributed by atoms with Crippen LogP contribution in [0.5, 0.6) is 5.75 Å². The van der Waals surface area contributed by atoms with Crippen LogP contribution in [-0.4, -0.2) is 14.2 Å². The summed E-state index contributed by atoms with van der Waals surface area (Å²) in [5.41, 5.74) is 12.5. The molecule has 0 unspecified atom stereocenters. The van der Waals surface area contributed by atoms with Gasteiger partial charge >= 0.3 is 0 Å². The molecule has 230 valence electrons. The van der Waals surface area contributed by atoms with Crippen LogP contribution in [0.2, 0.25) is 0 Å². The fraction of sp³-hybridized carbons (Fsp3) is 0.0667. The number of aromatic nitrogens is 2. The van der Waals surface area contributed by atoms with E-state index in [-0.39, 0.29) is 5.92 Å². The zero-order valence-corrected chi connectivity index (χ0v) is 26.9. The predicted octanol–water partition coefficient (Wildman–Crippen LogP) is 12.0. The molecule has 0 bridgehead atoms. The van der Waals surface area contributed by atoms with E-state index in [2.05, 4.69) is 169 Å². The van der Waals surface area contributed by atoms with Crippen molar-refractivity contribution in [3.05, 3.63) is 163 Å². The van der Waals surface area contributed by atoms with E-state index in [0.29, 0.717) is 5.75 Å². The van der Waals surface area contributed by atoms with E-state index < -0.39 is 0 Å². The molecule has 9 aromatic rings. The Kier molecular flexibility index (Phi) is 6.48. The summed E-state index contributed by atoms with van der Waals surface area (Å²) in [7, 11) is 0. The third kappa shape index (κ3) is 4.35. The number of aromatic hydroxyl groups is 1. The summed E-state index contributed by atoms with van der Waals surface area (Å²) in [6.07, 6.45) is 0. The van der Waals surface area contributed by atoms with E-state index in [1.54, 1.807) is 6.07 Å². The van der Waals surface area contributed by atoms with Gasteiger partial charge in [-0.1, -0.05) is 111 Å². The minimum Gasteiger partial charge on any atom is -0.508 e. The molecule has 0 saturated heterocycles. The lowest BCUT2D eigenvalue weighted by Gasteiger charge is -2.17. The first kappa shape index (κ1) is 28.2. The molecule has 0 fully saturated rings. The molecule has 0 aliphatic carbocycles. The highest BCUT2D eigenvalue weighted by Gasteiger charge is 2.19. The monoisotopic (exact) mass is 618 g/mol. The van der Waals surface area contributed by atoms with Gasteiger partial charge in [-0.25, -0.2) is 0 Å². The fourth-order valence-electron chi connectivity index (χ4n) is 7.63. The Morgan fingerprint density at radius 3 is 1.60 bits per heavy atom. The van der Waals surface area contributed by atoms with E-state index >= 15 is 0 Å². The van der Waals surface area contributed by atoms with Gasteiger partial charge in [0.25, 0.3) is 0 Å². The van der Waals surface area contributed by atoms with Crippen LogP contribution in [0, 0.1) is 0 Å². The molecular weight excluding hydrogens is 585 g/mol. The minimum atomic E-state index is 0.173. The van der Waals surface area contributed by atoms with Gasteiger partial charge in [0.2, 0.25) is 0 Å². The SMILES string of the molecule is CC(C)c1c(O)cccc1-n1c2ccccc2c2cc(-c3ccc4c(c3)c3ccccc3n4-c3cccc(-c4ccccc4)c3)ccc21. The Balaban J connectivity index is 1.23. The maximum atomic E-state index is 10.9. The second-order valence-electron chi connectivity index (χ2n) is 12.9. The number of benzene rings is 7.